The van der Waals surface area contributed by atoms with Gasteiger partial charge in [0.1, 0.15) is 6.04 Å². The van der Waals surface area contributed by atoms with Gasteiger partial charge in [-0.25, -0.2) is 9.59 Å². The van der Waals surface area contributed by atoms with Crippen molar-refractivity contribution >= 4 is 46.8 Å². The number of anilines is 1. The van der Waals surface area contributed by atoms with E-state index in [-0.39, 0.29) is 24.5 Å². The Kier molecular flexibility index (Phi) is 8.31. The third-order valence-corrected chi connectivity index (χ3v) is 3.61. The summed E-state index contributed by atoms with van der Waals surface area (Å²) in [6, 6.07) is 2.70. The van der Waals surface area contributed by atoms with Crippen molar-refractivity contribution in [2.45, 2.75) is 18.9 Å². The number of urea groups is 1. The molecule has 0 aliphatic carbocycles. The summed E-state index contributed by atoms with van der Waals surface area (Å²) in [6.45, 7) is -0.583. The number of benzene rings is 1. The number of hydrogen-bond donors (Lipinski definition) is 5. The number of amides is 3. The van der Waals surface area contributed by atoms with Gasteiger partial charge in [0, 0.05) is 12.3 Å². The number of carboxylic acids is 1. The average molecular weight is 378 g/mol. The quantitative estimate of drug-likeness (QED) is 0.468. The molecule has 1 aromatic rings. The Labute approximate surface area is 148 Å². The molecule has 0 radical (unpaired) electrons. The van der Waals surface area contributed by atoms with Crippen LogP contribution in [0.1, 0.15) is 12.8 Å². The Hall–Kier alpha value is -2.03. The number of halogens is 2. The molecule has 132 valence electrons. The highest BCUT2D eigenvalue weighted by Gasteiger charge is 2.19. The van der Waals surface area contributed by atoms with Gasteiger partial charge in [-0.15, -0.1) is 0 Å². The SMILES string of the molecule is O=C(CNC(=O)Nc1ccc(Cl)c(Cl)c1)NC(CCCO)C(=O)O. The first-order valence-corrected chi connectivity index (χ1v) is 7.72. The van der Waals surface area contributed by atoms with Crippen molar-refractivity contribution in [1.29, 1.82) is 0 Å². The average Bonchev–Trinajstić information content (AvgIpc) is 2.52. The molecule has 1 atom stereocenters. The number of hydrogen-bond acceptors (Lipinski definition) is 4. The first kappa shape index (κ1) is 20.0. The monoisotopic (exact) mass is 377 g/mol. The predicted molar refractivity (Wildman–Crippen MR) is 89.4 cm³/mol. The van der Waals surface area contributed by atoms with Gasteiger partial charge in [0.15, 0.2) is 0 Å². The minimum atomic E-state index is -1.21. The molecule has 5 N–H and O–H groups in total. The molecule has 1 unspecified atom stereocenters. The van der Waals surface area contributed by atoms with E-state index in [0.29, 0.717) is 10.7 Å². The predicted octanol–water partition coefficient (Wildman–Crippen LogP) is 1.46. The molecule has 0 aliphatic heterocycles. The van der Waals surface area contributed by atoms with Crippen LogP contribution in [0.5, 0.6) is 0 Å². The van der Waals surface area contributed by atoms with Crippen LogP contribution in [0.25, 0.3) is 0 Å². The lowest BCUT2D eigenvalue weighted by molar-refractivity contribution is -0.141. The lowest BCUT2D eigenvalue weighted by Crippen LogP contribution is -2.46. The van der Waals surface area contributed by atoms with Crippen molar-refractivity contribution in [1.82, 2.24) is 10.6 Å². The van der Waals surface area contributed by atoms with Crippen molar-refractivity contribution in [2.75, 3.05) is 18.5 Å². The Bertz CT molecular complexity index is 612. The fraction of sp³-hybridized carbons (Fsp3) is 0.357. The smallest absolute Gasteiger partial charge is 0.326 e. The minimum absolute atomic E-state index is 0.0903. The van der Waals surface area contributed by atoms with Gasteiger partial charge >= 0.3 is 12.0 Å². The highest BCUT2D eigenvalue weighted by Crippen LogP contribution is 2.24. The molecule has 0 saturated heterocycles. The van der Waals surface area contributed by atoms with Gasteiger partial charge in [0.25, 0.3) is 0 Å². The van der Waals surface area contributed by atoms with Crippen LogP contribution in [0.15, 0.2) is 18.2 Å². The van der Waals surface area contributed by atoms with Gasteiger partial charge in [-0.2, -0.15) is 0 Å². The molecule has 0 bridgehead atoms. The summed E-state index contributed by atoms with van der Waals surface area (Å²) in [5.74, 6) is -1.87. The van der Waals surface area contributed by atoms with Crippen LogP contribution < -0.4 is 16.0 Å². The van der Waals surface area contributed by atoms with Gasteiger partial charge in [-0.05, 0) is 31.0 Å². The number of carbonyl (C=O) groups is 3. The molecule has 1 rings (SSSR count). The standard InChI is InChI=1S/C14H17Cl2N3O5/c15-9-4-3-8(6-10(9)16)18-14(24)17-7-12(21)19-11(13(22)23)2-1-5-20/h3-4,6,11,20H,1-2,5,7H2,(H,19,21)(H,22,23)(H2,17,18,24). The normalized spacial score (nSPS) is 11.5. The minimum Gasteiger partial charge on any atom is -0.480 e. The maximum Gasteiger partial charge on any atom is 0.326 e. The second-order valence-electron chi connectivity index (χ2n) is 4.76. The van der Waals surface area contributed by atoms with E-state index in [1.807, 2.05) is 0 Å². The van der Waals surface area contributed by atoms with Crippen molar-refractivity contribution in [2.24, 2.45) is 0 Å². The fourth-order valence-corrected chi connectivity index (χ4v) is 2.01. The van der Waals surface area contributed by atoms with Crippen LogP contribution in [0.2, 0.25) is 10.0 Å². The van der Waals surface area contributed by atoms with Crippen LogP contribution >= 0.6 is 23.2 Å². The Morgan fingerprint density at radius 3 is 2.46 bits per heavy atom. The summed E-state index contributed by atoms with van der Waals surface area (Å²) in [4.78, 5) is 34.3. The molecule has 0 aromatic heterocycles. The lowest BCUT2D eigenvalue weighted by Gasteiger charge is -2.14. The fourth-order valence-electron chi connectivity index (χ4n) is 1.71. The molecule has 0 heterocycles. The van der Waals surface area contributed by atoms with E-state index in [4.69, 9.17) is 33.4 Å². The molecule has 8 nitrogen and oxygen atoms in total. The zero-order valence-corrected chi connectivity index (χ0v) is 14.0. The van der Waals surface area contributed by atoms with E-state index in [1.165, 1.54) is 18.2 Å². The number of rotatable bonds is 8. The largest absolute Gasteiger partial charge is 0.480 e. The van der Waals surface area contributed by atoms with Crippen LogP contribution in [0.3, 0.4) is 0 Å². The molecule has 24 heavy (non-hydrogen) atoms. The third kappa shape index (κ3) is 7.03. The number of carboxylic acid groups (broad SMARTS) is 1. The maximum atomic E-state index is 11.7. The molecule has 0 fully saturated rings. The van der Waals surface area contributed by atoms with E-state index in [1.54, 1.807) is 0 Å². The van der Waals surface area contributed by atoms with Crippen molar-refractivity contribution in [3.63, 3.8) is 0 Å². The van der Waals surface area contributed by atoms with Crippen LogP contribution in [-0.4, -0.2) is 47.3 Å². The zero-order valence-electron chi connectivity index (χ0n) is 12.5. The van der Waals surface area contributed by atoms with Crippen LogP contribution in [-0.2, 0) is 9.59 Å². The Balaban J connectivity index is 2.43. The molecule has 0 spiro atoms. The van der Waals surface area contributed by atoms with Gasteiger partial charge < -0.3 is 26.2 Å². The second-order valence-corrected chi connectivity index (χ2v) is 5.58. The van der Waals surface area contributed by atoms with Crippen molar-refractivity contribution in [3.05, 3.63) is 28.2 Å². The number of carbonyl (C=O) groups excluding carboxylic acids is 2. The van der Waals surface area contributed by atoms with E-state index >= 15 is 0 Å². The van der Waals surface area contributed by atoms with E-state index in [2.05, 4.69) is 16.0 Å². The van der Waals surface area contributed by atoms with Gasteiger partial charge in [0.2, 0.25) is 5.91 Å². The maximum absolute atomic E-state index is 11.7. The Morgan fingerprint density at radius 2 is 1.88 bits per heavy atom. The highest BCUT2D eigenvalue weighted by atomic mass is 35.5. The van der Waals surface area contributed by atoms with Crippen molar-refractivity contribution < 1.29 is 24.6 Å². The molecule has 3 amide bonds. The number of aliphatic hydroxyl groups excluding tert-OH is 1. The van der Waals surface area contributed by atoms with Crippen LogP contribution in [0, 0.1) is 0 Å². The summed E-state index contributed by atoms with van der Waals surface area (Å²) < 4.78 is 0. The van der Waals surface area contributed by atoms with E-state index in [0.717, 1.165) is 0 Å². The first-order chi connectivity index (χ1) is 11.3. The lowest BCUT2D eigenvalue weighted by atomic mass is 10.1. The molecule has 0 aliphatic rings. The molecule has 10 heteroatoms. The van der Waals surface area contributed by atoms with Crippen molar-refractivity contribution in [3.8, 4) is 0 Å². The molecular formula is C14H17Cl2N3O5. The number of nitrogens with one attached hydrogen (secondary N) is 3. The Morgan fingerprint density at radius 1 is 1.17 bits per heavy atom. The first-order valence-electron chi connectivity index (χ1n) is 6.96. The topological polar surface area (TPSA) is 128 Å². The van der Waals surface area contributed by atoms with Crippen LogP contribution in [0.4, 0.5) is 10.5 Å². The summed E-state index contributed by atoms with van der Waals surface area (Å²) in [5.41, 5.74) is 0.383. The third-order valence-electron chi connectivity index (χ3n) is 2.87. The zero-order chi connectivity index (χ0) is 18.1. The number of aliphatic carboxylic acids is 1. The second kappa shape index (κ2) is 9.96. The van der Waals surface area contributed by atoms with Gasteiger partial charge in [-0.1, -0.05) is 23.2 Å². The summed E-state index contributed by atoms with van der Waals surface area (Å²) >= 11 is 11.6. The van der Waals surface area contributed by atoms with Gasteiger partial charge in [0.05, 0.1) is 16.6 Å². The van der Waals surface area contributed by atoms with E-state index in [9.17, 15) is 14.4 Å². The molecular weight excluding hydrogens is 361 g/mol. The summed E-state index contributed by atoms with van der Waals surface area (Å²) in [5, 5.41) is 25.2. The highest BCUT2D eigenvalue weighted by molar-refractivity contribution is 6.42. The molecule has 0 saturated carbocycles. The summed E-state index contributed by atoms with van der Waals surface area (Å²) in [6.07, 6.45) is 0.329. The van der Waals surface area contributed by atoms with E-state index < -0.39 is 30.5 Å². The number of aliphatic hydroxyl groups is 1. The van der Waals surface area contributed by atoms with Gasteiger partial charge in [-0.3, -0.25) is 4.79 Å². The summed E-state index contributed by atoms with van der Waals surface area (Å²) in [7, 11) is 0. The molecule has 1 aromatic carbocycles.